The van der Waals surface area contributed by atoms with Gasteiger partial charge in [0.1, 0.15) is 5.82 Å². The molecule has 1 amide bonds. The van der Waals surface area contributed by atoms with Crippen LogP contribution >= 0.6 is 12.4 Å². The maximum Gasteiger partial charge on any atom is 0.224 e. The van der Waals surface area contributed by atoms with Crippen LogP contribution in [-0.2, 0) is 10.2 Å². The van der Waals surface area contributed by atoms with E-state index in [1.54, 1.807) is 12.4 Å². The lowest BCUT2D eigenvalue weighted by atomic mass is 9.96. The number of hydrogen-bond acceptors (Lipinski definition) is 4. The SMILES string of the molecule is CC(C)(C)c1ncc(NC(=O)CCCCCCN)cn1.Cl. The first-order valence-electron chi connectivity index (χ1n) is 7.26. The summed E-state index contributed by atoms with van der Waals surface area (Å²) >= 11 is 0. The summed E-state index contributed by atoms with van der Waals surface area (Å²) in [6.07, 6.45) is 7.93. The van der Waals surface area contributed by atoms with Gasteiger partial charge in [0.25, 0.3) is 0 Å². The van der Waals surface area contributed by atoms with Crippen molar-refractivity contribution in [2.75, 3.05) is 11.9 Å². The van der Waals surface area contributed by atoms with Crippen molar-refractivity contribution in [3.05, 3.63) is 18.2 Å². The third-order valence-corrected chi connectivity index (χ3v) is 2.96. The number of rotatable bonds is 7. The molecule has 0 aliphatic carbocycles. The molecule has 0 fully saturated rings. The summed E-state index contributed by atoms with van der Waals surface area (Å²) in [5.74, 6) is 0.794. The lowest BCUT2D eigenvalue weighted by Gasteiger charge is -2.16. The van der Waals surface area contributed by atoms with Crippen LogP contribution in [0.2, 0.25) is 0 Å². The Morgan fingerprint density at radius 1 is 1.14 bits per heavy atom. The van der Waals surface area contributed by atoms with Crippen LogP contribution in [0.1, 0.15) is 58.7 Å². The highest BCUT2D eigenvalue weighted by molar-refractivity contribution is 5.90. The number of anilines is 1. The molecule has 0 spiro atoms. The molecule has 3 N–H and O–H groups in total. The minimum atomic E-state index is -0.0778. The minimum Gasteiger partial charge on any atom is -0.330 e. The molecule has 0 radical (unpaired) electrons. The number of nitrogens with one attached hydrogen (secondary N) is 1. The summed E-state index contributed by atoms with van der Waals surface area (Å²) in [4.78, 5) is 20.3. The molecular weight excluding hydrogens is 288 g/mol. The Morgan fingerprint density at radius 3 is 2.24 bits per heavy atom. The molecule has 0 unspecified atom stereocenters. The number of halogens is 1. The highest BCUT2D eigenvalue weighted by atomic mass is 35.5. The molecule has 120 valence electrons. The predicted octanol–water partition coefficient (Wildman–Crippen LogP) is 3.04. The van der Waals surface area contributed by atoms with E-state index < -0.39 is 0 Å². The van der Waals surface area contributed by atoms with E-state index in [1.165, 1.54) is 0 Å². The topological polar surface area (TPSA) is 80.9 Å². The zero-order valence-electron chi connectivity index (χ0n) is 13.2. The molecular formula is C15H27ClN4O. The zero-order chi connectivity index (χ0) is 15.0. The number of nitrogens with two attached hydrogens (primary N) is 1. The van der Waals surface area contributed by atoms with Crippen LogP contribution in [-0.4, -0.2) is 22.4 Å². The second-order valence-electron chi connectivity index (χ2n) is 6.05. The summed E-state index contributed by atoms with van der Waals surface area (Å²) in [7, 11) is 0. The first-order valence-corrected chi connectivity index (χ1v) is 7.26. The van der Waals surface area contributed by atoms with Crippen LogP contribution in [0.5, 0.6) is 0 Å². The Kier molecular flexibility index (Phi) is 9.13. The number of carbonyl (C=O) groups excluding carboxylic acids is 1. The molecule has 0 aliphatic rings. The van der Waals surface area contributed by atoms with Gasteiger partial charge < -0.3 is 11.1 Å². The van der Waals surface area contributed by atoms with Gasteiger partial charge in [-0.05, 0) is 19.4 Å². The van der Waals surface area contributed by atoms with Gasteiger partial charge in [-0.15, -0.1) is 12.4 Å². The van der Waals surface area contributed by atoms with E-state index in [9.17, 15) is 4.79 Å². The Labute approximate surface area is 133 Å². The van der Waals surface area contributed by atoms with Crippen molar-refractivity contribution in [1.82, 2.24) is 9.97 Å². The first kappa shape index (κ1) is 19.8. The molecule has 1 aromatic heterocycles. The molecule has 21 heavy (non-hydrogen) atoms. The van der Waals surface area contributed by atoms with Crippen LogP contribution in [0.4, 0.5) is 5.69 Å². The van der Waals surface area contributed by atoms with Gasteiger partial charge in [-0.25, -0.2) is 9.97 Å². The monoisotopic (exact) mass is 314 g/mol. The molecule has 0 bridgehead atoms. The maximum atomic E-state index is 11.7. The van der Waals surface area contributed by atoms with E-state index >= 15 is 0 Å². The summed E-state index contributed by atoms with van der Waals surface area (Å²) in [6.45, 7) is 6.90. The average Bonchev–Trinajstić information content (AvgIpc) is 2.38. The van der Waals surface area contributed by atoms with Crippen molar-refractivity contribution in [2.45, 2.75) is 58.3 Å². The van der Waals surface area contributed by atoms with Gasteiger partial charge in [0.05, 0.1) is 18.1 Å². The molecule has 0 aromatic carbocycles. The molecule has 5 nitrogen and oxygen atoms in total. The highest BCUT2D eigenvalue weighted by Gasteiger charge is 2.16. The van der Waals surface area contributed by atoms with E-state index in [1.807, 2.05) is 0 Å². The number of carbonyl (C=O) groups is 1. The molecule has 1 rings (SSSR count). The van der Waals surface area contributed by atoms with Gasteiger partial charge in [0.15, 0.2) is 0 Å². The van der Waals surface area contributed by atoms with Gasteiger partial charge in [0, 0.05) is 11.8 Å². The van der Waals surface area contributed by atoms with Crippen molar-refractivity contribution < 1.29 is 4.79 Å². The number of aromatic nitrogens is 2. The van der Waals surface area contributed by atoms with Gasteiger partial charge in [-0.1, -0.05) is 33.6 Å². The molecule has 0 atom stereocenters. The van der Waals surface area contributed by atoms with Crippen LogP contribution in [0.25, 0.3) is 0 Å². The quantitative estimate of drug-likeness (QED) is 0.758. The summed E-state index contributed by atoms with van der Waals surface area (Å²) in [5, 5.41) is 2.82. The summed E-state index contributed by atoms with van der Waals surface area (Å²) < 4.78 is 0. The number of hydrogen-bond donors (Lipinski definition) is 2. The van der Waals surface area contributed by atoms with Gasteiger partial charge in [-0.2, -0.15) is 0 Å². The van der Waals surface area contributed by atoms with Crippen LogP contribution in [0, 0.1) is 0 Å². The van der Waals surface area contributed by atoms with Gasteiger partial charge in [-0.3, -0.25) is 4.79 Å². The van der Waals surface area contributed by atoms with Crippen LogP contribution in [0.15, 0.2) is 12.4 Å². The molecule has 0 saturated carbocycles. The number of amides is 1. The van der Waals surface area contributed by atoms with Crippen molar-refractivity contribution in [3.8, 4) is 0 Å². The number of nitrogens with zero attached hydrogens (tertiary/aromatic N) is 2. The Hall–Kier alpha value is -1.20. The van der Waals surface area contributed by atoms with E-state index in [-0.39, 0.29) is 23.7 Å². The predicted molar refractivity (Wildman–Crippen MR) is 88.7 cm³/mol. The molecule has 0 aliphatic heterocycles. The van der Waals surface area contributed by atoms with E-state index in [4.69, 9.17) is 5.73 Å². The van der Waals surface area contributed by atoms with Gasteiger partial charge >= 0.3 is 0 Å². The Bertz CT molecular complexity index is 415. The fraction of sp³-hybridized carbons (Fsp3) is 0.667. The van der Waals surface area contributed by atoms with Crippen molar-refractivity contribution in [3.63, 3.8) is 0 Å². The second-order valence-corrected chi connectivity index (χ2v) is 6.05. The van der Waals surface area contributed by atoms with Crippen LogP contribution < -0.4 is 11.1 Å². The summed E-state index contributed by atoms with van der Waals surface area (Å²) in [6, 6.07) is 0. The standard InChI is InChI=1S/C15H26N4O.ClH/c1-15(2,3)14-17-10-12(11-18-14)19-13(20)8-6-4-5-7-9-16;/h10-11H,4-9,16H2,1-3H3,(H,19,20);1H. The second kappa shape index (κ2) is 9.68. The zero-order valence-corrected chi connectivity index (χ0v) is 14.0. The Morgan fingerprint density at radius 2 is 1.71 bits per heavy atom. The third-order valence-electron chi connectivity index (χ3n) is 2.96. The fourth-order valence-electron chi connectivity index (χ4n) is 1.79. The number of unbranched alkanes of at least 4 members (excludes halogenated alkanes) is 3. The highest BCUT2D eigenvalue weighted by Crippen LogP contribution is 2.18. The van der Waals surface area contributed by atoms with E-state index in [0.717, 1.165) is 38.1 Å². The van der Waals surface area contributed by atoms with Crippen molar-refractivity contribution in [1.29, 1.82) is 0 Å². The van der Waals surface area contributed by atoms with Crippen molar-refractivity contribution in [2.24, 2.45) is 5.73 Å². The van der Waals surface area contributed by atoms with E-state index in [2.05, 4.69) is 36.1 Å². The Balaban J connectivity index is 0.00000400. The largest absolute Gasteiger partial charge is 0.330 e. The first-order chi connectivity index (χ1) is 9.43. The lowest BCUT2D eigenvalue weighted by Crippen LogP contribution is -2.17. The maximum absolute atomic E-state index is 11.7. The smallest absolute Gasteiger partial charge is 0.224 e. The fourth-order valence-corrected chi connectivity index (χ4v) is 1.79. The molecule has 1 heterocycles. The lowest BCUT2D eigenvalue weighted by molar-refractivity contribution is -0.116. The van der Waals surface area contributed by atoms with Gasteiger partial charge in [0.2, 0.25) is 5.91 Å². The normalized spacial score (nSPS) is 10.9. The van der Waals surface area contributed by atoms with Crippen LogP contribution in [0.3, 0.4) is 0 Å². The van der Waals surface area contributed by atoms with Crippen molar-refractivity contribution >= 4 is 24.0 Å². The molecule has 1 aromatic rings. The average molecular weight is 315 g/mol. The minimum absolute atomic E-state index is 0. The molecule has 6 heteroatoms. The molecule has 0 saturated heterocycles. The third kappa shape index (κ3) is 7.97. The van der Waals surface area contributed by atoms with E-state index in [0.29, 0.717) is 12.1 Å². The summed E-state index contributed by atoms with van der Waals surface area (Å²) in [5.41, 5.74) is 6.00.